The van der Waals surface area contributed by atoms with Gasteiger partial charge in [0.2, 0.25) is 0 Å². The van der Waals surface area contributed by atoms with Crippen molar-refractivity contribution in [2.45, 2.75) is 20.4 Å². The number of rotatable bonds is 3. The monoisotopic (exact) mass is 309 g/mol. The Hall–Kier alpha value is -2.75. The van der Waals surface area contributed by atoms with Gasteiger partial charge in [0.05, 0.1) is 12.1 Å². The SMILES string of the molecule is Cc1cc(=O)n(CC(=O)c2ccc(F)cc2)c2c(C)cccc12. The number of halogens is 1. The second-order valence-electron chi connectivity index (χ2n) is 5.65. The molecule has 0 aliphatic rings. The average Bonchev–Trinajstić information content (AvgIpc) is 2.52. The lowest BCUT2D eigenvalue weighted by Gasteiger charge is -2.13. The van der Waals surface area contributed by atoms with Crippen LogP contribution in [-0.4, -0.2) is 10.4 Å². The molecular formula is C19H16FNO2. The van der Waals surface area contributed by atoms with Crippen molar-refractivity contribution in [3.05, 3.63) is 81.4 Å². The Balaban J connectivity index is 2.11. The standard InChI is InChI=1S/C19H16FNO2/c1-12-4-3-5-16-13(2)10-18(23)21(19(12)16)11-17(22)14-6-8-15(20)9-7-14/h3-10H,11H2,1-2H3. The Labute approximate surface area is 133 Å². The van der Waals surface area contributed by atoms with Crippen molar-refractivity contribution in [3.63, 3.8) is 0 Å². The fraction of sp³-hybridized carbons (Fsp3) is 0.158. The van der Waals surface area contributed by atoms with Crippen LogP contribution in [0.1, 0.15) is 21.5 Å². The van der Waals surface area contributed by atoms with Crippen LogP contribution in [0.5, 0.6) is 0 Å². The van der Waals surface area contributed by atoms with Crippen LogP contribution >= 0.6 is 0 Å². The van der Waals surface area contributed by atoms with Gasteiger partial charge in [-0.1, -0.05) is 18.2 Å². The molecule has 1 heterocycles. The first-order valence-electron chi connectivity index (χ1n) is 7.36. The average molecular weight is 309 g/mol. The van der Waals surface area contributed by atoms with Gasteiger partial charge >= 0.3 is 0 Å². The molecule has 3 nitrogen and oxygen atoms in total. The van der Waals surface area contributed by atoms with Gasteiger partial charge in [-0.15, -0.1) is 0 Å². The van der Waals surface area contributed by atoms with Crippen molar-refractivity contribution >= 4 is 16.7 Å². The molecule has 4 heteroatoms. The number of pyridine rings is 1. The third-order valence-corrected chi connectivity index (χ3v) is 4.01. The lowest BCUT2D eigenvalue weighted by atomic mass is 10.1. The van der Waals surface area contributed by atoms with Gasteiger partial charge in [-0.2, -0.15) is 0 Å². The number of hydrogen-bond donors (Lipinski definition) is 0. The molecule has 0 saturated heterocycles. The summed E-state index contributed by atoms with van der Waals surface area (Å²) in [5, 5.41) is 0.955. The number of nitrogens with zero attached hydrogens (tertiary/aromatic N) is 1. The summed E-state index contributed by atoms with van der Waals surface area (Å²) in [5.74, 6) is -0.615. The molecule has 2 aromatic carbocycles. The van der Waals surface area contributed by atoms with Crippen molar-refractivity contribution in [1.29, 1.82) is 0 Å². The quantitative estimate of drug-likeness (QED) is 0.693. The number of aromatic nitrogens is 1. The molecule has 0 aliphatic carbocycles. The summed E-state index contributed by atoms with van der Waals surface area (Å²) < 4.78 is 14.5. The van der Waals surface area contributed by atoms with Gasteiger partial charge in [0.15, 0.2) is 5.78 Å². The Bertz CT molecular complexity index is 956. The van der Waals surface area contributed by atoms with Crippen LogP contribution < -0.4 is 5.56 Å². The second kappa shape index (κ2) is 5.80. The predicted octanol–water partition coefficient (Wildman–Crippen LogP) is 3.64. The van der Waals surface area contributed by atoms with Crippen LogP contribution in [0.3, 0.4) is 0 Å². The molecule has 3 rings (SSSR count). The molecule has 0 fully saturated rings. The molecular weight excluding hydrogens is 293 g/mol. The molecule has 0 unspecified atom stereocenters. The minimum atomic E-state index is -0.393. The molecule has 23 heavy (non-hydrogen) atoms. The van der Waals surface area contributed by atoms with E-state index < -0.39 is 5.82 Å². The fourth-order valence-corrected chi connectivity index (χ4v) is 2.81. The zero-order valence-corrected chi connectivity index (χ0v) is 13.0. The molecule has 0 saturated carbocycles. The summed E-state index contributed by atoms with van der Waals surface area (Å²) in [6, 6.07) is 12.7. The molecule has 1 aromatic heterocycles. The van der Waals surface area contributed by atoms with Gasteiger partial charge in [-0.25, -0.2) is 4.39 Å². The highest BCUT2D eigenvalue weighted by Gasteiger charge is 2.13. The smallest absolute Gasteiger partial charge is 0.251 e. The minimum Gasteiger partial charge on any atom is -0.300 e. The van der Waals surface area contributed by atoms with E-state index in [0.29, 0.717) is 5.56 Å². The van der Waals surface area contributed by atoms with E-state index in [1.165, 1.54) is 28.8 Å². The molecule has 0 aliphatic heterocycles. The van der Waals surface area contributed by atoms with Crippen molar-refractivity contribution in [1.82, 2.24) is 4.57 Å². The largest absolute Gasteiger partial charge is 0.300 e. The summed E-state index contributed by atoms with van der Waals surface area (Å²) >= 11 is 0. The first kappa shape index (κ1) is 15.2. The highest BCUT2D eigenvalue weighted by Crippen LogP contribution is 2.20. The molecule has 3 aromatic rings. The van der Waals surface area contributed by atoms with Gasteiger partial charge < -0.3 is 4.57 Å². The molecule has 0 N–H and O–H groups in total. The summed E-state index contributed by atoms with van der Waals surface area (Å²) in [7, 11) is 0. The van der Waals surface area contributed by atoms with Gasteiger partial charge in [0.25, 0.3) is 5.56 Å². The number of Topliss-reactive ketones (excluding diaryl/α,β-unsaturated/α-hetero) is 1. The van der Waals surface area contributed by atoms with Crippen LogP contribution in [0, 0.1) is 19.7 Å². The molecule has 0 atom stereocenters. The Kier molecular flexibility index (Phi) is 3.82. The number of carbonyl (C=O) groups excluding carboxylic acids is 1. The van der Waals surface area contributed by atoms with Gasteiger partial charge in [0, 0.05) is 17.0 Å². The Morgan fingerprint density at radius 2 is 1.74 bits per heavy atom. The zero-order valence-electron chi connectivity index (χ0n) is 13.0. The fourth-order valence-electron chi connectivity index (χ4n) is 2.81. The predicted molar refractivity (Wildman–Crippen MR) is 88.4 cm³/mol. The maximum Gasteiger partial charge on any atom is 0.251 e. The number of fused-ring (bicyclic) bond motifs is 1. The zero-order chi connectivity index (χ0) is 16.6. The van der Waals surface area contributed by atoms with Crippen LogP contribution in [-0.2, 0) is 6.54 Å². The first-order valence-corrected chi connectivity index (χ1v) is 7.36. The molecule has 0 bridgehead atoms. The van der Waals surface area contributed by atoms with Crippen LogP contribution in [0.4, 0.5) is 4.39 Å². The van der Waals surface area contributed by atoms with Crippen molar-refractivity contribution in [2.24, 2.45) is 0 Å². The Morgan fingerprint density at radius 1 is 1.04 bits per heavy atom. The van der Waals surface area contributed by atoms with E-state index in [1.54, 1.807) is 6.07 Å². The van der Waals surface area contributed by atoms with E-state index in [2.05, 4.69) is 0 Å². The van der Waals surface area contributed by atoms with Crippen LogP contribution in [0.15, 0.2) is 53.3 Å². The van der Waals surface area contributed by atoms with Crippen molar-refractivity contribution < 1.29 is 9.18 Å². The molecule has 0 spiro atoms. The van der Waals surface area contributed by atoms with Crippen molar-refractivity contribution in [3.8, 4) is 0 Å². The topological polar surface area (TPSA) is 39.1 Å². The van der Waals surface area contributed by atoms with E-state index in [-0.39, 0.29) is 17.9 Å². The molecule has 0 amide bonds. The highest BCUT2D eigenvalue weighted by atomic mass is 19.1. The van der Waals surface area contributed by atoms with Gasteiger partial charge in [0.1, 0.15) is 5.82 Å². The minimum absolute atomic E-state index is 0.0634. The molecule has 116 valence electrons. The van der Waals surface area contributed by atoms with E-state index in [1.807, 2.05) is 32.0 Å². The number of aryl methyl sites for hydroxylation is 2. The maximum atomic E-state index is 13.0. The summed E-state index contributed by atoms with van der Waals surface area (Å²) in [5.41, 5.74) is 2.78. The molecule has 0 radical (unpaired) electrons. The van der Waals surface area contributed by atoms with E-state index in [0.717, 1.165) is 22.0 Å². The van der Waals surface area contributed by atoms with E-state index in [9.17, 15) is 14.0 Å². The third-order valence-electron chi connectivity index (χ3n) is 4.01. The Morgan fingerprint density at radius 3 is 2.43 bits per heavy atom. The maximum absolute atomic E-state index is 13.0. The number of ketones is 1. The first-order chi connectivity index (χ1) is 11.0. The van der Waals surface area contributed by atoms with Gasteiger partial charge in [-0.3, -0.25) is 9.59 Å². The number of carbonyl (C=O) groups is 1. The van der Waals surface area contributed by atoms with Gasteiger partial charge in [-0.05, 0) is 49.2 Å². The summed E-state index contributed by atoms with van der Waals surface area (Å²) in [6.07, 6.45) is 0. The number of para-hydroxylation sites is 1. The van der Waals surface area contributed by atoms with Crippen LogP contribution in [0.2, 0.25) is 0 Å². The van der Waals surface area contributed by atoms with Crippen LogP contribution in [0.25, 0.3) is 10.9 Å². The summed E-state index contributed by atoms with van der Waals surface area (Å²) in [6.45, 7) is 3.74. The number of hydrogen-bond acceptors (Lipinski definition) is 2. The summed E-state index contributed by atoms with van der Waals surface area (Å²) in [4.78, 5) is 24.8. The van der Waals surface area contributed by atoms with Crippen molar-refractivity contribution in [2.75, 3.05) is 0 Å². The normalized spacial score (nSPS) is 10.9. The lowest BCUT2D eigenvalue weighted by Crippen LogP contribution is -2.25. The highest BCUT2D eigenvalue weighted by molar-refractivity contribution is 5.97. The third kappa shape index (κ3) is 2.80. The van der Waals surface area contributed by atoms with E-state index >= 15 is 0 Å². The number of benzene rings is 2. The lowest BCUT2D eigenvalue weighted by molar-refractivity contribution is 0.0972. The second-order valence-corrected chi connectivity index (χ2v) is 5.65. The van der Waals surface area contributed by atoms with E-state index in [4.69, 9.17) is 0 Å².